The number of morpholine rings is 1. The average molecular weight is 339 g/mol. The van der Waals surface area contributed by atoms with Crippen LogP contribution in [0.5, 0.6) is 0 Å². The average Bonchev–Trinajstić information content (AvgIpc) is 2.66. The van der Waals surface area contributed by atoms with E-state index in [2.05, 4.69) is 42.3 Å². The molecular weight excluding hydrogens is 310 g/mol. The Balaban J connectivity index is 1.88. The SMILES string of the molecule is C=C(OCCN1CCOCC1)C(=C)/C(C)=C\C(=C/C)c1ccccc1. The summed E-state index contributed by atoms with van der Waals surface area (Å²) >= 11 is 0. The molecule has 0 aliphatic carbocycles. The fourth-order valence-electron chi connectivity index (χ4n) is 2.71. The van der Waals surface area contributed by atoms with Gasteiger partial charge in [-0.15, -0.1) is 0 Å². The molecule has 0 spiro atoms. The summed E-state index contributed by atoms with van der Waals surface area (Å²) < 4.78 is 11.2. The van der Waals surface area contributed by atoms with Crippen molar-refractivity contribution < 1.29 is 9.47 Å². The van der Waals surface area contributed by atoms with Gasteiger partial charge in [-0.2, -0.15) is 0 Å². The van der Waals surface area contributed by atoms with Crippen molar-refractivity contribution in [3.8, 4) is 0 Å². The Morgan fingerprint density at radius 3 is 2.52 bits per heavy atom. The van der Waals surface area contributed by atoms with Gasteiger partial charge in [0.15, 0.2) is 0 Å². The molecule has 134 valence electrons. The molecule has 0 saturated carbocycles. The van der Waals surface area contributed by atoms with E-state index in [0.29, 0.717) is 12.4 Å². The van der Waals surface area contributed by atoms with Crippen molar-refractivity contribution in [1.29, 1.82) is 0 Å². The first kappa shape index (κ1) is 19.2. The Kier molecular flexibility index (Phi) is 7.71. The van der Waals surface area contributed by atoms with E-state index in [-0.39, 0.29) is 0 Å². The van der Waals surface area contributed by atoms with Crippen molar-refractivity contribution in [1.82, 2.24) is 4.90 Å². The maximum Gasteiger partial charge on any atom is 0.119 e. The largest absolute Gasteiger partial charge is 0.492 e. The van der Waals surface area contributed by atoms with Crippen LogP contribution in [-0.4, -0.2) is 44.4 Å². The lowest BCUT2D eigenvalue weighted by Crippen LogP contribution is -2.38. The van der Waals surface area contributed by atoms with Gasteiger partial charge in [-0.25, -0.2) is 0 Å². The maximum absolute atomic E-state index is 5.81. The molecule has 0 unspecified atom stereocenters. The quantitative estimate of drug-likeness (QED) is 0.516. The summed E-state index contributed by atoms with van der Waals surface area (Å²) in [5.74, 6) is 0.644. The predicted molar refractivity (Wildman–Crippen MR) is 105 cm³/mol. The normalized spacial score (nSPS) is 16.6. The molecule has 3 nitrogen and oxygen atoms in total. The molecule has 1 aromatic carbocycles. The van der Waals surface area contributed by atoms with Gasteiger partial charge in [-0.1, -0.05) is 55.6 Å². The molecule has 1 aliphatic heterocycles. The third-order valence-electron chi connectivity index (χ3n) is 4.39. The van der Waals surface area contributed by atoms with Crippen molar-refractivity contribution >= 4 is 5.57 Å². The van der Waals surface area contributed by atoms with Crippen LogP contribution < -0.4 is 0 Å². The lowest BCUT2D eigenvalue weighted by molar-refractivity contribution is 0.0280. The Morgan fingerprint density at radius 2 is 1.88 bits per heavy atom. The predicted octanol–water partition coefficient (Wildman–Crippen LogP) is 4.45. The Hall–Kier alpha value is -2.10. The Labute approximate surface area is 151 Å². The van der Waals surface area contributed by atoms with E-state index < -0.39 is 0 Å². The topological polar surface area (TPSA) is 21.7 Å². The van der Waals surface area contributed by atoms with E-state index in [9.17, 15) is 0 Å². The van der Waals surface area contributed by atoms with Gasteiger partial charge in [0.2, 0.25) is 0 Å². The van der Waals surface area contributed by atoms with E-state index in [4.69, 9.17) is 9.47 Å². The first-order chi connectivity index (χ1) is 12.1. The molecule has 1 saturated heterocycles. The van der Waals surface area contributed by atoms with Gasteiger partial charge in [0.25, 0.3) is 0 Å². The zero-order valence-corrected chi connectivity index (χ0v) is 15.5. The molecule has 1 aliphatic rings. The van der Waals surface area contributed by atoms with Crippen molar-refractivity contribution in [2.75, 3.05) is 39.5 Å². The van der Waals surface area contributed by atoms with Crippen LogP contribution in [0.2, 0.25) is 0 Å². The number of rotatable bonds is 8. The second kappa shape index (κ2) is 10.0. The summed E-state index contributed by atoms with van der Waals surface area (Å²) in [6.45, 7) is 17.3. The number of nitrogens with zero attached hydrogens (tertiary/aromatic N) is 1. The summed E-state index contributed by atoms with van der Waals surface area (Å²) in [7, 11) is 0. The number of ether oxygens (including phenoxy) is 2. The van der Waals surface area contributed by atoms with Crippen LogP contribution in [0.25, 0.3) is 5.57 Å². The second-order valence-corrected chi connectivity index (χ2v) is 6.14. The molecule has 25 heavy (non-hydrogen) atoms. The minimum Gasteiger partial charge on any atom is -0.492 e. The van der Waals surface area contributed by atoms with Crippen LogP contribution in [0.1, 0.15) is 19.4 Å². The number of benzene rings is 1. The molecule has 0 aromatic heterocycles. The standard InChI is InChI=1S/C22H29NO2/c1-5-21(22-9-7-6-8-10-22)17-18(2)19(3)20(4)25-16-13-23-11-14-24-15-12-23/h5-10,17H,3-4,11-16H2,1-2H3/b18-17-,21-5+. The third kappa shape index (κ3) is 6.04. The molecule has 0 N–H and O–H groups in total. The van der Waals surface area contributed by atoms with Gasteiger partial charge >= 0.3 is 0 Å². The molecule has 1 heterocycles. The number of hydrogen-bond donors (Lipinski definition) is 0. The van der Waals surface area contributed by atoms with Crippen molar-refractivity contribution in [2.24, 2.45) is 0 Å². The van der Waals surface area contributed by atoms with Crippen LogP contribution >= 0.6 is 0 Å². The van der Waals surface area contributed by atoms with E-state index in [0.717, 1.165) is 44.0 Å². The van der Waals surface area contributed by atoms with Crippen molar-refractivity contribution in [3.05, 3.63) is 78.1 Å². The van der Waals surface area contributed by atoms with Crippen LogP contribution in [0.4, 0.5) is 0 Å². The van der Waals surface area contributed by atoms with E-state index in [1.165, 1.54) is 11.1 Å². The first-order valence-electron chi connectivity index (χ1n) is 8.83. The highest BCUT2D eigenvalue weighted by atomic mass is 16.5. The van der Waals surface area contributed by atoms with Crippen LogP contribution in [0.3, 0.4) is 0 Å². The van der Waals surface area contributed by atoms with Gasteiger partial charge in [-0.3, -0.25) is 4.90 Å². The highest BCUT2D eigenvalue weighted by molar-refractivity contribution is 5.75. The summed E-state index contributed by atoms with van der Waals surface area (Å²) in [6.07, 6.45) is 4.24. The third-order valence-corrected chi connectivity index (χ3v) is 4.39. The lowest BCUT2D eigenvalue weighted by Gasteiger charge is -2.26. The molecule has 0 amide bonds. The van der Waals surface area contributed by atoms with Crippen LogP contribution in [-0.2, 0) is 9.47 Å². The zero-order chi connectivity index (χ0) is 18.1. The summed E-state index contributed by atoms with van der Waals surface area (Å²) in [5.41, 5.74) is 4.27. The minimum absolute atomic E-state index is 0.625. The molecule has 0 bridgehead atoms. The molecule has 2 rings (SSSR count). The van der Waals surface area contributed by atoms with Gasteiger partial charge < -0.3 is 9.47 Å². The van der Waals surface area contributed by atoms with Crippen LogP contribution in [0.15, 0.2) is 72.5 Å². The first-order valence-corrected chi connectivity index (χ1v) is 8.83. The van der Waals surface area contributed by atoms with Crippen LogP contribution in [0, 0.1) is 0 Å². The van der Waals surface area contributed by atoms with Gasteiger partial charge in [-0.05, 0) is 30.6 Å². The molecule has 1 fully saturated rings. The van der Waals surface area contributed by atoms with E-state index in [1.54, 1.807) is 0 Å². The molecule has 1 aromatic rings. The minimum atomic E-state index is 0.625. The van der Waals surface area contributed by atoms with E-state index >= 15 is 0 Å². The fraction of sp³-hybridized carbons (Fsp3) is 0.364. The Bertz CT molecular complexity index is 637. The molecule has 0 radical (unpaired) electrons. The second-order valence-electron chi connectivity index (χ2n) is 6.14. The smallest absolute Gasteiger partial charge is 0.119 e. The summed E-state index contributed by atoms with van der Waals surface area (Å²) in [6, 6.07) is 10.3. The molecular formula is C22H29NO2. The van der Waals surface area contributed by atoms with Gasteiger partial charge in [0.05, 0.1) is 13.2 Å². The van der Waals surface area contributed by atoms with Gasteiger partial charge in [0, 0.05) is 25.2 Å². The van der Waals surface area contributed by atoms with Gasteiger partial charge in [0.1, 0.15) is 12.4 Å². The highest BCUT2D eigenvalue weighted by Crippen LogP contribution is 2.23. The van der Waals surface area contributed by atoms with Crippen molar-refractivity contribution in [3.63, 3.8) is 0 Å². The zero-order valence-electron chi connectivity index (χ0n) is 15.5. The summed E-state index contributed by atoms with van der Waals surface area (Å²) in [5, 5.41) is 0. The lowest BCUT2D eigenvalue weighted by atomic mass is 10.00. The number of hydrogen-bond acceptors (Lipinski definition) is 3. The maximum atomic E-state index is 5.81. The molecule has 3 heteroatoms. The molecule has 0 atom stereocenters. The van der Waals surface area contributed by atoms with E-state index in [1.807, 2.05) is 32.0 Å². The highest BCUT2D eigenvalue weighted by Gasteiger charge is 2.11. The van der Waals surface area contributed by atoms with Crippen molar-refractivity contribution in [2.45, 2.75) is 13.8 Å². The Morgan fingerprint density at radius 1 is 1.20 bits per heavy atom. The monoisotopic (exact) mass is 339 g/mol. The number of allylic oxidation sites excluding steroid dienone is 4. The fourth-order valence-corrected chi connectivity index (χ4v) is 2.71. The summed E-state index contributed by atoms with van der Waals surface area (Å²) in [4.78, 5) is 2.34.